The van der Waals surface area contributed by atoms with Gasteiger partial charge in [0.1, 0.15) is 0 Å². The summed E-state index contributed by atoms with van der Waals surface area (Å²) >= 11 is 0. The lowest BCUT2D eigenvalue weighted by Gasteiger charge is -2.19. The van der Waals surface area contributed by atoms with Gasteiger partial charge in [-0.25, -0.2) is 0 Å². The van der Waals surface area contributed by atoms with Crippen molar-refractivity contribution in [1.82, 2.24) is 5.32 Å². The van der Waals surface area contributed by atoms with Gasteiger partial charge >= 0.3 is 0 Å². The molecule has 1 unspecified atom stereocenters. The first-order chi connectivity index (χ1) is 9.10. The summed E-state index contributed by atoms with van der Waals surface area (Å²) in [7, 11) is 0. The van der Waals surface area contributed by atoms with E-state index >= 15 is 0 Å². The molecule has 102 valence electrons. The van der Waals surface area contributed by atoms with E-state index in [4.69, 9.17) is 0 Å². The lowest BCUT2D eigenvalue weighted by atomic mass is 10.1. The van der Waals surface area contributed by atoms with Gasteiger partial charge in [0.05, 0.1) is 0 Å². The van der Waals surface area contributed by atoms with Gasteiger partial charge in [0.15, 0.2) is 5.78 Å². The van der Waals surface area contributed by atoms with Crippen molar-refractivity contribution in [3.8, 4) is 0 Å². The standard InChI is InChI=1S/C15H20N2O2/c1-3-15(19)12-4-6-14(7-5-12)17-9-8-13(10-17)16-11(2)18/h4-7,13H,3,8-10H2,1-2H3,(H,16,18). The van der Waals surface area contributed by atoms with E-state index in [9.17, 15) is 9.59 Å². The molecule has 1 aliphatic heterocycles. The van der Waals surface area contributed by atoms with Crippen molar-refractivity contribution in [3.05, 3.63) is 29.8 Å². The number of anilines is 1. The van der Waals surface area contributed by atoms with Gasteiger partial charge in [-0.2, -0.15) is 0 Å². The Bertz CT molecular complexity index is 468. The molecule has 19 heavy (non-hydrogen) atoms. The Kier molecular flexibility index (Phi) is 4.20. The molecule has 2 rings (SSSR count). The number of Topliss-reactive ketones (excluding diaryl/α,β-unsaturated/α-hetero) is 1. The van der Waals surface area contributed by atoms with Gasteiger partial charge < -0.3 is 10.2 Å². The maximum Gasteiger partial charge on any atom is 0.217 e. The van der Waals surface area contributed by atoms with Gasteiger partial charge in [-0.1, -0.05) is 6.92 Å². The Morgan fingerprint density at radius 2 is 2.00 bits per heavy atom. The zero-order valence-corrected chi connectivity index (χ0v) is 11.5. The highest BCUT2D eigenvalue weighted by molar-refractivity contribution is 5.96. The maximum atomic E-state index is 11.6. The van der Waals surface area contributed by atoms with Crippen LogP contribution >= 0.6 is 0 Å². The van der Waals surface area contributed by atoms with Gasteiger partial charge in [0.2, 0.25) is 5.91 Å². The fraction of sp³-hybridized carbons (Fsp3) is 0.467. The van der Waals surface area contributed by atoms with E-state index in [0.717, 1.165) is 30.8 Å². The number of nitrogens with zero attached hydrogens (tertiary/aromatic N) is 1. The lowest BCUT2D eigenvalue weighted by Crippen LogP contribution is -2.35. The molecule has 1 N–H and O–H groups in total. The van der Waals surface area contributed by atoms with Gasteiger partial charge in [0, 0.05) is 43.7 Å². The molecule has 1 aromatic rings. The van der Waals surface area contributed by atoms with Gasteiger partial charge in [0.25, 0.3) is 0 Å². The molecule has 1 fully saturated rings. The number of amides is 1. The predicted molar refractivity (Wildman–Crippen MR) is 75.5 cm³/mol. The largest absolute Gasteiger partial charge is 0.369 e. The second-order valence-electron chi connectivity index (χ2n) is 4.96. The average molecular weight is 260 g/mol. The fourth-order valence-corrected chi connectivity index (χ4v) is 2.46. The van der Waals surface area contributed by atoms with Crippen LogP contribution < -0.4 is 10.2 Å². The predicted octanol–water partition coefficient (Wildman–Crippen LogP) is 1.99. The van der Waals surface area contributed by atoms with Crippen molar-refractivity contribution in [2.75, 3.05) is 18.0 Å². The van der Waals surface area contributed by atoms with E-state index < -0.39 is 0 Å². The zero-order valence-electron chi connectivity index (χ0n) is 11.5. The zero-order chi connectivity index (χ0) is 13.8. The third kappa shape index (κ3) is 3.34. The van der Waals surface area contributed by atoms with Crippen molar-refractivity contribution in [2.24, 2.45) is 0 Å². The van der Waals surface area contributed by atoms with Crippen molar-refractivity contribution in [2.45, 2.75) is 32.7 Å². The molecule has 0 radical (unpaired) electrons. The Morgan fingerprint density at radius 1 is 1.32 bits per heavy atom. The van der Waals surface area contributed by atoms with E-state index in [1.165, 1.54) is 0 Å². The molecule has 1 saturated heterocycles. The van der Waals surface area contributed by atoms with E-state index in [0.29, 0.717) is 6.42 Å². The molecule has 4 nitrogen and oxygen atoms in total. The van der Waals surface area contributed by atoms with E-state index in [2.05, 4.69) is 10.2 Å². The van der Waals surface area contributed by atoms with Crippen molar-refractivity contribution >= 4 is 17.4 Å². The number of benzene rings is 1. The van der Waals surface area contributed by atoms with Crippen LogP contribution in [-0.4, -0.2) is 30.8 Å². The summed E-state index contributed by atoms with van der Waals surface area (Å²) in [6, 6.07) is 7.96. The molecule has 0 bridgehead atoms. The highest BCUT2D eigenvalue weighted by Gasteiger charge is 2.23. The minimum absolute atomic E-state index is 0.0238. The normalized spacial score (nSPS) is 18.4. The summed E-state index contributed by atoms with van der Waals surface area (Å²) in [6.45, 7) is 5.19. The van der Waals surface area contributed by atoms with E-state index in [1.807, 2.05) is 31.2 Å². The Labute approximate surface area is 113 Å². The van der Waals surface area contributed by atoms with Crippen LogP contribution in [-0.2, 0) is 4.79 Å². The quantitative estimate of drug-likeness (QED) is 0.842. The van der Waals surface area contributed by atoms with Crippen molar-refractivity contribution in [1.29, 1.82) is 0 Å². The van der Waals surface area contributed by atoms with Crippen molar-refractivity contribution < 1.29 is 9.59 Å². The first-order valence-electron chi connectivity index (χ1n) is 6.75. The van der Waals surface area contributed by atoms with Crippen LogP contribution in [0.4, 0.5) is 5.69 Å². The second-order valence-corrected chi connectivity index (χ2v) is 4.96. The number of nitrogens with one attached hydrogen (secondary N) is 1. The smallest absolute Gasteiger partial charge is 0.217 e. The summed E-state index contributed by atoms with van der Waals surface area (Å²) in [5.41, 5.74) is 1.88. The molecular weight excluding hydrogens is 240 g/mol. The van der Waals surface area contributed by atoms with Gasteiger partial charge in [-0.15, -0.1) is 0 Å². The Morgan fingerprint density at radius 3 is 2.58 bits per heavy atom. The van der Waals surface area contributed by atoms with Gasteiger partial charge in [-0.3, -0.25) is 9.59 Å². The van der Waals surface area contributed by atoms with Gasteiger partial charge in [-0.05, 0) is 30.7 Å². The number of ketones is 1. The molecule has 1 heterocycles. The summed E-state index contributed by atoms with van der Waals surface area (Å²) < 4.78 is 0. The molecule has 0 spiro atoms. The SMILES string of the molecule is CCC(=O)c1ccc(N2CCC(NC(C)=O)C2)cc1. The third-order valence-electron chi connectivity index (χ3n) is 3.47. The van der Waals surface area contributed by atoms with Crippen LogP contribution in [0.3, 0.4) is 0 Å². The van der Waals surface area contributed by atoms with E-state index in [1.54, 1.807) is 6.92 Å². The number of hydrogen-bond acceptors (Lipinski definition) is 3. The lowest BCUT2D eigenvalue weighted by molar-refractivity contribution is -0.119. The maximum absolute atomic E-state index is 11.6. The van der Waals surface area contributed by atoms with Crippen LogP contribution in [0, 0.1) is 0 Å². The van der Waals surface area contributed by atoms with Crippen LogP contribution in [0.2, 0.25) is 0 Å². The topological polar surface area (TPSA) is 49.4 Å². The summed E-state index contributed by atoms with van der Waals surface area (Å²) in [5.74, 6) is 0.194. The molecule has 4 heteroatoms. The minimum Gasteiger partial charge on any atom is -0.369 e. The first-order valence-corrected chi connectivity index (χ1v) is 6.75. The monoisotopic (exact) mass is 260 g/mol. The second kappa shape index (κ2) is 5.87. The van der Waals surface area contributed by atoms with Crippen LogP contribution in [0.5, 0.6) is 0 Å². The highest BCUT2D eigenvalue weighted by atomic mass is 16.1. The number of hydrogen-bond donors (Lipinski definition) is 1. The number of carbonyl (C=O) groups excluding carboxylic acids is 2. The Balaban J connectivity index is 2.00. The van der Waals surface area contributed by atoms with E-state index in [-0.39, 0.29) is 17.7 Å². The highest BCUT2D eigenvalue weighted by Crippen LogP contribution is 2.21. The third-order valence-corrected chi connectivity index (χ3v) is 3.47. The Hall–Kier alpha value is -1.84. The van der Waals surface area contributed by atoms with Crippen LogP contribution in [0.25, 0.3) is 0 Å². The molecule has 0 aliphatic carbocycles. The average Bonchev–Trinajstić information content (AvgIpc) is 2.85. The minimum atomic E-state index is 0.0238. The van der Waals surface area contributed by atoms with Crippen LogP contribution in [0.15, 0.2) is 24.3 Å². The molecule has 0 saturated carbocycles. The number of carbonyl (C=O) groups is 2. The first kappa shape index (κ1) is 13.6. The molecule has 1 amide bonds. The summed E-state index contributed by atoms with van der Waals surface area (Å²) in [5, 5.41) is 2.95. The molecule has 1 aliphatic rings. The number of rotatable bonds is 4. The molecular formula is C15H20N2O2. The fourth-order valence-electron chi connectivity index (χ4n) is 2.46. The molecule has 1 aromatic carbocycles. The summed E-state index contributed by atoms with van der Waals surface area (Å²) in [6.07, 6.45) is 1.50. The molecule has 1 atom stereocenters. The van der Waals surface area contributed by atoms with Crippen molar-refractivity contribution in [3.63, 3.8) is 0 Å². The summed E-state index contributed by atoms with van der Waals surface area (Å²) in [4.78, 5) is 24.8. The molecule has 0 aromatic heterocycles. The van der Waals surface area contributed by atoms with Crippen LogP contribution in [0.1, 0.15) is 37.0 Å².